The predicted octanol–water partition coefficient (Wildman–Crippen LogP) is 1.65. The molecule has 1 aliphatic rings. The summed E-state index contributed by atoms with van der Waals surface area (Å²) in [7, 11) is -4.52. The van der Waals surface area contributed by atoms with E-state index in [0.29, 0.717) is 0 Å². The summed E-state index contributed by atoms with van der Waals surface area (Å²) in [5.41, 5.74) is 1.75. The molecule has 1 saturated heterocycles. The monoisotopic (exact) mass is 271 g/mol. The average Bonchev–Trinajstić information content (AvgIpc) is 2.56. The van der Waals surface area contributed by atoms with Crippen LogP contribution in [0.3, 0.4) is 0 Å². The number of benzene rings is 1. The molecule has 0 aliphatic carbocycles. The fourth-order valence-corrected chi connectivity index (χ4v) is 3.01. The van der Waals surface area contributed by atoms with Gasteiger partial charge >= 0.3 is 10.2 Å². The number of halogens is 1. The molecule has 0 saturated carbocycles. The molecule has 0 aromatic heterocycles. The van der Waals surface area contributed by atoms with Crippen LogP contribution in [-0.4, -0.2) is 26.6 Å². The van der Waals surface area contributed by atoms with Gasteiger partial charge in [0.05, 0.1) is 5.75 Å². The zero-order chi connectivity index (χ0) is 13.3. The third-order valence-corrected chi connectivity index (χ3v) is 3.82. The van der Waals surface area contributed by atoms with Gasteiger partial charge < -0.3 is 4.90 Å². The number of hydrogen-bond donors (Lipinski definition) is 0. The molecule has 6 heteroatoms. The smallest absolute Gasteiger partial charge is 0.302 e. The molecular formula is C12H14FNO3S. The van der Waals surface area contributed by atoms with Crippen LogP contribution in [0.25, 0.3) is 0 Å². The van der Waals surface area contributed by atoms with Gasteiger partial charge in [0.25, 0.3) is 0 Å². The number of anilines is 1. The van der Waals surface area contributed by atoms with E-state index in [1.807, 2.05) is 25.1 Å². The molecule has 1 aliphatic heterocycles. The molecule has 4 nitrogen and oxygen atoms in total. The summed E-state index contributed by atoms with van der Waals surface area (Å²) in [6, 6.07) is 7.38. The molecule has 0 radical (unpaired) electrons. The minimum atomic E-state index is -4.52. The highest BCUT2D eigenvalue weighted by molar-refractivity contribution is 7.86. The first-order chi connectivity index (χ1) is 8.35. The van der Waals surface area contributed by atoms with Crippen LogP contribution in [0.2, 0.25) is 0 Å². The lowest BCUT2D eigenvalue weighted by atomic mass is 10.1. The molecule has 98 valence electrons. The SMILES string of the molecule is Cc1cccc(N2CC(CS(=O)(=O)F)CC2=O)c1. The lowest BCUT2D eigenvalue weighted by Gasteiger charge is -2.16. The van der Waals surface area contributed by atoms with E-state index in [1.165, 1.54) is 4.90 Å². The van der Waals surface area contributed by atoms with E-state index >= 15 is 0 Å². The first-order valence-electron chi connectivity index (χ1n) is 5.64. The van der Waals surface area contributed by atoms with Crippen LogP contribution in [0, 0.1) is 12.8 Å². The summed E-state index contributed by atoms with van der Waals surface area (Å²) in [5.74, 6) is -1.21. The predicted molar refractivity (Wildman–Crippen MR) is 66.5 cm³/mol. The maximum atomic E-state index is 12.6. The molecule has 1 atom stereocenters. The van der Waals surface area contributed by atoms with Crippen molar-refractivity contribution in [3.63, 3.8) is 0 Å². The largest absolute Gasteiger partial charge is 0.312 e. The lowest BCUT2D eigenvalue weighted by molar-refractivity contribution is -0.117. The van der Waals surface area contributed by atoms with Crippen LogP contribution < -0.4 is 4.90 Å². The molecule has 1 aromatic rings. The molecule has 1 heterocycles. The van der Waals surface area contributed by atoms with Gasteiger partial charge in [-0.3, -0.25) is 4.79 Å². The number of hydrogen-bond acceptors (Lipinski definition) is 3. The molecule has 1 unspecified atom stereocenters. The van der Waals surface area contributed by atoms with Crippen molar-refractivity contribution in [2.45, 2.75) is 13.3 Å². The van der Waals surface area contributed by atoms with Gasteiger partial charge in [-0.15, -0.1) is 3.89 Å². The Bertz CT molecular complexity index is 570. The van der Waals surface area contributed by atoms with E-state index in [2.05, 4.69) is 0 Å². The molecule has 0 bridgehead atoms. The summed E-state index contributed by atoms with van der Waals surface area (Å²) in [6.45, 7) is 2.17. The molecule has 18 heavy (non-hydrogen) atoms. The Kier molecular flexibility index (Phi) is 3.38. The second kappa shape index (κ2) is 4.68. The number of carbonyl (C=O) groups is 1. The highest BCUT2D eigenvalue weighted by atomic mass is 32.3. The number of amides is 1. The number of carbonyl (C=O) groups excluding carboxylic acids is 1. The summed E-state index contributed by atoms with van der Waals surface area (Å²) >= 11 is 0. The van der Waals surface area contributed by atoms with Gasteiger partial charge in [0, 0.05) is 24.6 Å². The average molecular weight is 271 g/mol. The minimum Gasteiger partial charge on any atom is -0.312 e. The van der Waals surface area contributed by atoms with Crippen LogP contribution in [0.4, 0.5) is 9.57 Å². The van der Waals surface area contributed by atoms with E-state index in [9.17, 15) is 17.1 Å². The highest BCUT2D eigenvalue weighted by Gasteiger charge is 2.33. The van der Waals surface area contributed by atoms with E-state index in [0.717, 1.165) is 11.3 Å². The van der Waals surface area contributed by atoms with E-state index < -0.39 is 21.9 Å². The molecule has 1 amide bonds. The Labute approximate surface area is 106 Å². The van der Waals surface area contributed by atoms with E-state index in [1.54, 1.807) is 6.07 Å². The van der Waals surface area contributed by atoms with Gasteiger partial charge in [-0.2, -0.15) is 8.42 Å². The summed E-state index contributed by atoms with van der Waals surface area (Å²) in [4.78, 5) is 13.3. The third kappa shape index (κ3) is 3.07. The molecule has 1 aromatic carbocycles. The first kappa shape index (κ1) is 13.0. The Morgan fingerprint density at radius 2 is 2.17 bits per heavy atom. The normalized spacial score (nSPS) is 20.4. The van der Waals surface area contributed by atoms with Crippen molar-refractivity contribution >= 4 is 21.8 Å². The topological polar surface area (TPSA) is 54.5 Å². The van der Waals surface area contributed by atoms with Crippen molar-refractivity contribution in [1.29, 1.82) is 0 Å². The Morgan fingerprint density at radius 1 is 1.44 bits per heavy atom. The Balaban J connectivity index is 2.15. The van der Waals surface area contributed by atoms with Crippen molar-refractivity contribution in [3.05, 3.63) is 29.8 Å². The van der Waals surface area contributed by atoms with Crippen LogP contribution >= 0.6 is 0 Å². The van der Waals surface area contributed by atoms with Crippen molar-refractivity contribution in [3.8, 4) is 0 Å². The van der Waals surface area contributed by atoms with Gasteiger partial charge in [0.1, 0.15) is 0 Å². The van der Waals surface area contributed by atoms with E-state index in [-0.39, 0.29) is 18.9 Å². The van der Waals surface area contributed by atoms with Gasteiger partial charge in [0.2, 0.25) is 5.91 Å². The maximum Gasteiger partial charge on any atom is 0.302 e. The highest BCUT2D eigenvalue weighted by Crippen LogP contribution is 2.26. The summed E-state index contributed by atoms with van der Waals surface area (Å²) in [6.07, 6.45) is 0.0804. The van der Waals surface area contributed by atoms with Crippen LogP contribution in [-0.2, 0) is 15.0 Å². The summed E-state index contributed by atoms with van der Waals surface area (Å²) < 4.78 is 33.8. The fourth-order valence-electron chi connectivity index (χ4n) is 2.22. The second-order valence-corrected chi connectivity index (χ2v) is 6.03. The molecule has 2 rings (SSSR count). The molecule has 0 spiro atoms. The Hall–Kier alpha value is -1.43. The number of nitrogens with zero attached hydrogens (tertiary/aromatic N) is 1. The quantitative estimate of drug-likeness (QED) is 0.785. The lowest BCUT2D eigenvalue weighted by Crippen LogP contribution is -2.25. The van der Waals surface area contributed by atoms with Crippen molar-refractivity contribution < 1.29 is 17.1 Å². The molecule has 0 N–H and O–H groups in total. The third-order valence-electron chi connectivity index (χ3n) is 2.95. The molecule has 1 fully saturated rings. The van der Waals surface area contributed by atoms with Crippen LogP contribution in [0.5, 0.6) is 0 Å². The minimum absolute atomic E-state index is 0.0804. The summed E-state index contributed by atoms with van der Waals surface area (Å²) in [5, 5.41) is 0. The Morgan fingerprint density at radius 3 is 2.78 bits per heavy atom. The van der Waals surface area contributed by atoms with Crippen LogP contribution in [0.15, 0.2) is 24.3 Å². The standard InChI is InChI=1S/C12H14FNO3S/c1-9-3-2-4-11(5-9)14-7-10(6-12(14)15)8-18(13,16)17/h2-5,10H,6-8H2,1H3. The zero-order valence-corrected chi connectivity index (χ0v) is 10.8. The van der Waals surface area contributed by atoms with Gasteiger partial charge in [-0.1, -0.05) is 12.1 Å². The van der Waals surface area contributed by atoms with Gasteiger partial charge in [-0.05, 0) is 24.6 Å². The van der Waals surface area contributed by atoms with Crippen molar-refractivity contribution in [2.24, 2.45) is 5.92 Å². The number of rotatable bonds is 3. The van der Waals surface area contributed by atoms with E-state index in [4.69, 9.17) is 0 Å². The van der Waals surface area contributed by atoms with Gasteiger partial charge in [0.15, 0.2) is 0 Å². The van der Waals surface area contributed by atoms with Gasteiger partial charge in [-0.25, -0.2) is 0 Å². The van der Waals surface area contributed by atoms with Crippen molar-refractivity contribution in [2.75, 3.05) is 17.2 Å². The number of aryl methyl sites for hydroxylation is 1. The maximum absolute atomic E-state index is 12.6. The van der Waals surface area contributed by atoms with Crippen LogP contribution in [0.1, 0.15) is 12.0 Å². The first-order valence-corrected chi connectivity index (χ1v) is 7.20. The van der Waals surface area contributed by atoms with Crippen molar-refractivity contribution in [1.82, 2.24) is 0 Å². The zero-order valence-electron chi connectivity index (χ0n) is 9.97. The fraction of sp³-hybridized carbons (Fsp3) is 0.417. The second-order valence-electron chi connectivity index (χ2n) is 4.62. The molecular weight excluding hydrogens is 257 g/mol.